The highest BCUT2D eigenvalue weighted by Gasteiger charge is 2.03. The van der Waals surface area contributed by atoms with Crippen LogP contribution >= 0.6 is 11.3 Å². The Bertz CT molecular complexity index is 521. The lowest BCUT2D eigenvalue weighted by molar-refractivity contribution is 1.44. The van der Waals surface area contributed by atoms with Gasteiger partial charge in [-0.05, 0) is 24.3 Å². The molecule has 2 nitrogen and oxygen atoms in total. The second kappa shape index (κ2) is 2.50. The van der Waals surface area contributed by atoms with E-state index < -0.39 is 0 Å². The summed E-state index contributed by atoms with van der Waals surface area (Å²) in [7, 11) is 0. The maximum Gasteiger partial charge on any atom is 0.125 e. The molecular weight excluding hydrogens is 180 g/mol. The zero-order chi connectivity index (χ0) is 8.67. The number of pyridine rings is 2. The van der Waals surface area contributed by atoms with E-state index >= 15 is 0 Å². The van der Waals surface area contributed by atoms with Crippen molar-refractivity contribution in [2.24, 2.45) is 0 Å². The number of thiophene rings is 1. The highest BCUT2D eigenvalue weighted by atomic mass is 32.1. The molecule has 0 aliphatic heterocycles. The molecule has 13 heavy (non-hydrogen) atoms. The molecule has 0 fully saturated rings. The van der Waals surface area contributed by atoms with E-state index in [9.17, 15) is 0 Å². The molecule has 0 aromatic carbocycles. The van der Waals surface area contributed by atoms with Crippen molar-refractivity contribution in [1.82, 2.24) is 9.97 Å². The van der Waals surface area contributed by atoms with Crippen LogP contribution in [0.25, 0.3) is 20.4 Å². The predicted molar refractivity (Wildman–Crippen MR) is 54.9 cm³/mol. The van der Waals surface area contributed by atoms with Crippen LogP contribution in [0.1, 0.15) is 0 Å². The summed E-state index contributed by atoms with van der Waals surface area (Å²) >= 11 is 1.64. The van der Waals surface area contributed by atoms with Gasteiger partial charge in [-0.3, -0.25) is 0 Å². The highest BCUT2D eigenvalue weighted by molar-refractivity contribution is 7.25. The van der Waals surface area contributed by atoms with E-state index in [-0.39, 0.29) is 0 Å². The average Bonchev–Trinajstić information content (AvgIpc) is 2.56. The quantitative estimate of drug-likeness (QED) is 0.539. The second-order valence-electron chi connectivity index (χ2n) is 2.81. The van der Waals surface area contributed by atoms with Crippen molar-refractivity contribution in [3.63, 3.8) is 0 Å². The van der Waals surface area contributed by atoms with Crippen molar-refractivity contribution in [1.29, 1.82) is 0 Å². The monoisotopic (exact) mass is 186 g/mol. The van der Waals surface area contributed by atoms with Crippen molar-refractivity contribution in [2.75, 3.05) is 0 Å². The first-order valence-corrected chi connectivity index (χ1v) is 4.85. The van der Waals surface area contributed by atoms with Crippen LogP contribution in [0, 0.1) is 0 Å². The van der Waals surface area contributed by atoms with Gasteiger partial charge in [-0.15, -0.1) is 0 Å². The molecular formula is C10H6N2S. The van der Waals surface area contributed by atoms with Gasteiger partial charge in [0.15, 0.2) is 0 Å². The first-order valence-electron chi connectivity index (χ1n) is 4.03. The van der Waals surface area contributed by atoms with Crippen molar-refractivity contribution in [3.05, 3.63) is 36.7 Å². The number of rotatable bonds is 0. The molecule has 0 aliphatic carbocycles. The van der Waals surface area contributed by atoms with Crippen molar-refractivity contribution >= 4 is 31.8 Å². The Morgan fingerprint density at radius 3 is 1.92 bits per heavy atom. The summed E-state index contributed by atoms with van der Waals surface area (Å²) in [5.74, 6) is 0. The molecule has 3 heteroatoms. The molecule has 62 valence electrons. The van der Waals surface area contributed by atoms with E-state index in [0.29, 0.717) is 0 Å². The van der Waals surface area contributed by atoms with Gasteiger partial charge >= 0.3 is 0 Å². The Morgan fingerprint density at radius 2 is 1.38 bits per heavy atom. The molecule has 0 spiro atoms. The molecule has 3 aromatic heterocycles. The van der Waals surface area contributed by atoms with Crippen LogP contribution in [0.2, 0.25) is 0 Å². The molecule has 0 aliphatic rings. The van der Waals surface area contributed by atoms with E-state index in [0.717, 1.165) is 9.66 Å². The van der Waals surface area contributed by atoms with Gasteiger partial charge in [0.1, 0.15) is 9.66 Å². The first-order chi connectivity index (χ1) is 6.45. The van der Waals surface area contributed by atoms with Gasteiger partial charge in [-0.1, -0.05) is 11.3 Å². The van der Waals surface area contributed by atoms with E-state index in [1.807, 2.05) is 24.5 Å². The zero-order valence-electron chi connectivity index (χ0n) is 6.77. The standard InChI is InChI=1S/C10H6N2S/c1-3-7-8-4-2-6-12-10(8)13-9(7)11-5-1/h1-6H. The molecule has 0 amide bonds. The smallest absolute Gasteiger partial charge is 0.125 e. The third-order valence-corrected chi connectivity index (χ3v) is 3.06. The summed E-state index contributed by atoms with van der Waals surface area (Å²) in [6.07, 6.45) is 3.63. The number of aromatic nitrogens is 2. The van der Waals surface area contributed by atoms with Crippen LogP contribution < -0.4 is 0 Å². The van der Waals surface area contributed by atoms with Gasteiger partial charge in [0.2, 0.25) is 0 Å². The Kier molecular flexibility index (Phi) is 1.34. The molecule has 3 heterocycles. The van der Waals surface area contributed by atoms with Gasteiger partial charge in [-0.25, -0.2) is 9.97 Å². The number of hydrogen-bond donors (Lipinski definition) is 0. The Labute approximate surface area is 78.9 Å². The normalized spacial score (nSPS) is 11.1. The molecule has 0 saturated carbocycles. The molecule has 0 saturated heterocycles. The molecule has 0 atom stereocenters. The fraction of sp³-hybridized carbons (Fsp3) is 0. The molecule has 0 unspecified atom stereocenters. The van der Waals surface area contributed by atoms with Crippen LogP contribution in [0.3, 0.4) is 0 Å². The fourth-order valence-corrected chi connectivity index (χ4v) is 2.43. The van der Waals surface area contributed by atoms with E-state index in [1.54, 1.807) is 11.3 Å². The molecule has 0 bridgehead atoms. The topological polar surface area (TPSA) is 25.8 Å². The minimum absolute atomic E-state index is 1.07. The van der Waals surface area contributed by atoms with Gasteiger partial charge in [0.05, 0.1) is 0 Å². The summed E-state index contributed by atoms with van der Waals surface area (Å²) in [4.78, 5) is 10.7. The lowest BCUT2D eigenvalue weighted by atomic mass is 10.2. The highest BCUT2D eigenvalue weighted by Crippen LogP contribution is 2.29. The van der Waals surface area contributed by atoms with Crippen molar-refractivity contribution in [3.8, 4) is 0 Å². The molecule has 0 N–H and O–H groups in total. The molecule has 0 radical (unpaired) electrons. The summed E-state index contributed by atoms with van der Waals surface area (Å²) in [6, 6.07) is 8.09. The average molecular weight is 186 g/mol. The van der Waals surface area contributed by atoms with Crippen LogP contribution in [-0.4, -0.2) is 9.97 Å². The van der Waals surface area contributed by atoms with Crippen molar-refractivity contribution < 1.29 is 0 Å². The van der Waals surface area contributed by atoms with Crippen LogP contribution in [-0.2, 0) is 0 Å². The Morgan fingerprint density at radius 1 is 0.846 bits per heavy atom. The SMILES string of the molecule is c1cnc2sc3ncccc3c2c1. The number of nitrogens with zero attached hydrogens (tertiary/aromatic N) is 2. The molecule has 3 rings (SSSR count). The summed E-state index contributed by atoms with van der Waals surface area (Å²) < 4.78 is 0. The Balaban J connectivity index is 2.64. The first kappa shape index (κ1) is 6.97. The Hall–Kier alpha value is -1.48. The summed E-state index contributed by atoms with van der Waals surface area (Å²) in [5.41, 5.74) is 0. The minimum Gasteiger partial charge on any atom is -0.245 e. The predicted octanol–water partition coefficient (Wildman–Crippen LogP) is 2.84. The second-order valence-corrected chi connectivity index (χ2v) is 3.79. The third-order valence-electron chi connectivity index (χ3n) is 2.03. The number of fused-ring (bicyclic) bond motifs is 3. The fourth-order valence-electron chi connectivity index (χ4n) is 1.45. The van der Waals surface area contributed by atoms with E-state index in [4.69, 9.17) is 0 Å². The summed E-state index contributed by atoms with van der Waals surface area (Å²) in [5, 5.41) is 2.41. The molecule has 3 aromatic rings. The van der Waals surface area contributed by atoms with Gasteiger partial charge in [0.25, 0.3) is 0 Å². The lowest BCUT2D eigenvalue weighted by Gasteiger charge is -1.87. The number of hydrogen-bond acceptors (Lipinski definition) is 3. The zero-order valence-corrected chi connectivity index (χ0v) is 7.58. The van der Waals surface area contributed by atoms with Crippen molar-refractivity contribution in [2.45, 2.75) is 0 Å². The van der Waals surface area contributed by atoms with Gasteiger partial charge < -0.3 is 0 Å². The van der Waals surface area contributed by atoms with Crippen LogP contribution in [0.4, 0.5) is 0 Å². The lowest BCUT2D eigenvalue weighted by Crippen LogP contribution is -1.69. The maximum atomic E-state index is 4.30. The summed E-state index contributed by atoms with van der Waals surface area (Å²) in [6.45, 7) is 0. The minimum atomic E-state index is 1.07. The third kappa shape index (κ3) is 0.939. The van der Waals surface area contributed by atoms with Crippen LogP contribution in [0.5, 0.6) is 0 Å². The largest absolute Gasteiger partial charge is 0.245 e. The van der Waals surface area contributed by atoms with E-state index in [1.165, 1.54) is 10.8 Å². The van der Waals surface area contributed by atoms with Crippen LogP contribution in [0.15, 0.2) is 36.7 Å². The van der Waals surface area contributed by atoms with E-state index in [2.05, 4.69) is 22.1 Å². The van der Waals surface area contributed by atoms with Gasteiger partial charge in [-0.2, -0.15) is 0 Å². The van der Waals surface area contributed by atoms with Gasteiger partial charge in [0, 0.05) is 23.2 Å². The maximum absolute atomic E-state index is 4.30.